The third-order valence-electron chi connectivity index (χ3n) is 2.68. The van der Waals surface area contributed by atoms with E-state index in [1.54, 1.807) is 0 Å². The average Bonchev–Trinajstić information content (AvgIpc) is 2.01. The lowest BCUT2D eigenvalue weighted by Gasteiger charge is -2.35. The van der Waals surface area contributed by atoms with Crippen LogP contribution in [0.1, 0.15) is 0 Å². The van der Waals surface area contributed by atoms with Gasteiger partial charge in [0.2, 0.25) is 0 Å². The lowest BCUT2D eigenvalue weighted by atomic mass is 10.3. The Labute approximate surface area is 90.6 Å². The highest BCUT2D eigenvalue weighted by molar-refractivity contribution is 6.78. The van der Waals surface area contributed by atoms with Crippen LogP contribution >= 0.6 is 0 Å². The summed E-state index contributed by atoms with van der Waals surface area (Å²) in [5, 5.41) is 0. The molecular weight excluding hydrogens is 202 g/mol. The van der Waals surface area contributed by atoms with Gasteiger partial charge in [0.1, 0.15) is 0 Å². The van der Waals surface area contributed by atoms with Gasteiger partial charge < -0.3 is 4.57 Å². The summed E-state index contributed by atoms with van der Waals surface area (Å²) in [5.74, 6) is 0. The monoisotopic (exact) mass is 225 g/mol. The number of hydrogen-bond donors (Lipinski definition) is 0. The largest absolute Gasteiger partial charge is 0.382 e. The Morgan fingerprint density at radius 1 is 0.857 bits per heavy atom. The zero-order chi connectivity index (χ0) is 11.0. The number of rotatable bonds is 2. The fourth-order valence-corrected chi connectivity index (χ4v) is 3.90. The van der Waals surface area contributed by atoms with Gasteiger partial charge >= 0.3 is 0 Å². The highest BCUT2D eigenvalue weighted by Gasteiger charge is 2.26. The fourth-order valence-electron chi connectivity index (χ4n) is 1.51. The minimum Gasteiger partial charge on any atom is -0.382 e. The van der Waals surface area contributed by atoms with E-state index < -0.39 is 16.3 Å². The molecule has 0 aromatic carbocycles. The van der Waals surface area contributed by atoms with Crippen LogP contribution in [0, 0.1) is 0 Å². The van der Waals surface area contributed by atoms with Gasteiger partial charge in [-0.15, -0.1) is 0 Å². The molecule has 1 rings (SSSR count). The van der Waals surface area contributed by atoms with Crippen LogP contribution in [0.5, 0.6) is 0 Å². The molecule has 0 aromatic rings. The molecule has 0 bridgehead atoms. The molecule has 1 aliphatic rings. The summed E-state index contributed by atoms with van der Waals surface area (Å²) in [5.41, 5.74) is 0.718. The summed E-state index contributed by atoms with van der Waals surface area (Å²) < 4.78 is 2.42. The van der Waals surface area contributed by atoms with E-state index >= 15 is 0 Å². The first-order chi connectivity index (χ1) is 6.21. The van der Waals surface area contributed by atoms with Gasteiger partial charge in [-0.1, -0.05) is 51.4 Å². The molecule has 0 N–H and O–H groups in total. The Morgan fingerprint density at radius 2 is 1.29 bits per heavy atom. The van der Waals surface area contributed by atoms with Gasteiger partial charge in [0, 0.05) is 0 Å². The number of hydrogen-bond acceptors (Lipinski definition) is 1. The third-order valence-corrected chi connectivity index (χ3v) is 6.91. The minimum absolute atomic E-state index is 0.718. The van der Waals surface area contributed by atoms with Crippen molar-refractivity contribution in [1.82, 2.24) is 4.57 Å². The summed E-state index contributed by atoms with van der Waals surface area (Å²) in [6.07, 6.45) is 9.39. The summed E-state index contributed by atoms with van der Waals surface area (Å²) in [6.45, 7) is 14.4. The number of allylic oxidation sites excluding steroid dienone is 2. The van der Waals surface area contributed by atoms with Crippen molar-refractivity contribution in [2.75, 3.05) is 0 Å². The quantitative estimate of drug-likeness (QED) is 0.645. The maximum atomic E-state index is 2.43. The van der Waals surface area contributed by atoms with Gasteiger partial charge in [-0.05, 0) is 17.9 Å². The molecule has 1 heterocycles. The van der Waals surface area contributed by atoms with E-state index in [0.29, 0.717) is 0 Å². The van der Waals surface area contributed by atoms with E-state index in [4.69, 9.17) is 0 Å². The van der Waals surface area contributed by atoms with Crippen LogP contribution in [0.2, 0.25) is 44.8 Å². The first-order valence-electron chi connectivity index (χ1n) is 5.36. The summed E-state index contributed by atoms with van der Waals surface area (Å²) in [4.78, 5) is 0. The van der Waals surface area contributed by atoms with Crippen molar-refractivity contribution in [2.24, 2.45) is 0 Å². The van der Waals surface area contributed by atoms with Crippen molar-refractivity contribution in [3.63, 3.8) is 0 Å². The van der Waals surface area contributed by atoms with Crippen molar-refractivity contribution in [3.8, 4) is 0 Å². The summed E-state index contributed by atoms with van der Waals surface area (Å²) in [6, 6.07) is 0. The summed E-state index contributed by atoms with van der Waals surface area (Å²) >= 11 is 0. The Kier molecular flexibility index (Phi) is 3.12. The van der Waals surface area contributed by atoms with Gasteiger partial charge in [-0.3, -0.25) is 0 Å². The average molecular weight is 225 g/mol. The highest BCUT2D eigenvalue weighted by Crippen LogP contribution is 2.29. The smallest absolute Gasteiger partial charge is 0.152 e. The molecule has 0 aromatic heterocycles. The van der Waals surface area contributed by atoms with E-state index in [1.165, 1.54) is 0 Å². The van der Waals surface area contributed by atoms with Crippen molar-refractivity contribution in [2.45, 2.75) is 44.8 Å². The normalized spacial score (nSPS) is 19.1. The SMILES string of the molecule is C[Si](C)(C)C1C=CN([Si](C)(C)C)C=C1. The lowest BCUT2D eigenvalue weighted by molar-refractivity contribution is 0.739. The molecule has 1 aliphatic heterocycles. The summed E-state index contributed by atoms with van der Waals surface area (Å²) in [7, 11) is -2.20. The van der Waals surface area contributed by atoms with Gasteiger partial charge in [-0.25, -0.2) is 0 Å². The second kappa shape index (κ2) is 3.70. The molecule has 80 valence electrons. The van der Waals surface area contributed by atoms with Crippen LogP contribution in [0.3, 0.4) is 0 Å². The van der Waals surface area contributed by atoms with E-state index in [9.17, 15) is 0 Å². The van der Waals surface area contributed by atoms with E-state index in [0.717, 1.165) is 5.54 Å². The molecule has 0 aliphatic carbocycles. The van der Waals surface area contributed by atoms with Gasteiger partial charge in [0.15, 0.2) is 8.24 Å². The van der Waals surface area contributed by atoms with Crippen LogP contribution in [0.25, 0.3) is 0 Å². The molecule has 0 fully saturated rings. The van der Waals surface area contributed by atoms with E-state index in [-0.39, 0.29) is 0 Å². The van der Waals surface area contributed by atoms with Gasteiger partial charge in [0.05, 0.1) is 8.07 Å². The van der Waals surface area contributed by atoms with Crippen molar-refractivity contribution in [1.29, 1.82) is 0 Å². The number of nitrogens with zero attached hydrogens (tertiary/aromatic N) is 1. The van der Waals surface area contributed by atoms with Crippen LogP contribution in [-0.4, -0.2) is 20.9 Å². The van der Waals surface area contributed by atoms with Gasteiger partial charge in [0.25, 0.3) is 0 Å². The molecule has 0 atom stereocenters. The Hall–Kier alpha value is -0.286. The van der Waals surface area contributed by atoms with E-state index in [2.05, 4.69) is 68.4 Å². The molecular formula is C11H23NSi2. The molecule has 0 unspecified atom stereocenters. The molecule has 1 nitrogen and oxygen atoms in total. The van der Waals surface area contributed by atoms with Crippen LogP contribution in [0.4, 0.5) is 0 Å². The van der Waals surface area contributed by atoms with Gasteiger partial charge in [-0.2, -0.15) is 0 Å². The Morgan fingerprint density at radius 3 is 1.57 bits per heavy atom. The Bertz CT molecular complexity index is 215. The van der Waals surface area contributed by atoms with Crippen molar-refractivity contribution in [3.05, 3.63) is 24.6 Å². The maximum Gasteiger partial charge on any atom is 0.152 e. The first kappa shape index (κ1) is 11.8. The molecule has 0 amide bonds. The zero-order valence-corrected chi connectivity index (χ0v) is 12.3. The highest BCUT2D eigenvalue weighted by atomic mass is 28.3. The Balaban J connectivity index is 2.72. The molecule has 0 saturated heterocycles. The van der Waals surface area contributed by atoms with Crippen LogP contribution in [0.15, 0.2) is 24.6 Å². The molecule has 14 heavy (non-hydrogen) atoms. The zero-order valence-electron chi connectivity index (χ0n) is 10.3. The maximum absolute atomic E-state index is 2.43. The second-order valence-electron chi connectivity index (χ2n) is 6.15. The standard InChI is InChI=1S/C11H23NSi2/c1-13(2,3)11-7-9-12(10-8-11)14(4,5)6/h7-11H,1-6H3. The molecule has 3 heteroatoms. The van der Waals surface area contributed by atoms with Crippen LogP contribution in [-0.2, 0) is 0 Å². The van der Waals surface area contributed by atoms with Crippen LogP contribution < -0.4 is 0 Å². The van der Waals surface area contributed by atoms with E-state index in [1.807, 2.05) is 0 Å². The van der Waals surface area contributed by atoms with Crippen molar-refractivity contribution >= 4 is 16.3 Å². The molecule has 0 spiro atoms. The second-order valence-corrected chi connectivity index (χ2v) is 16.4. The van der Waals surface area contributed by atoms with Crippen molar-refractivity contribution < 1.29 is 0 Å². The first-order valence-corrected chi connectivity index (χ1v) is 12.4. The minimum atomic E-state index is -1.17. The predicted molar refractivity (Wildman–Crippen MR) is 70.6 cm³/mol. The predicted octanol–water partition coefficient (Wildman–Crippen LogP) is 3.87. The third kappa shape index (κ3) is 2.85. The lowest BCUT2D eigenvalue weighted by Crippen LogP contribution is -2.40. The molecule has 0 saturated carbocycles. The fraction of sp³-hybridized carbons (Fsp3) is 0.636. The topological polar surface area (TPSA) is 3.24 Å². The molecule has 0 radical (unpaired) electrons.